The van der Waals surface area contributed by atoms with Gasteiger partial charge < -0.3 is 4.42 Å². The summed E-state index contributed by atoms with van der Waals surface area (Å²) in [6.07, 6.45) is 1.49. The van der Waals surface area contributed by atoms with Crippen molar-refractivity contribution in [1.29, 1.82) is 0 Å². The first-order chi connectivity index (χ1) is 4.85. The first kappa shape index (κ1) is 9.46. The second-order valence-electron chi connectivity index (χ2n) is 1.93. The van der Waals surface area contributed by atoms with Crippen LogP contribution in [0.4, 0.5) is 0 Å². The van der Waals surface area contributed by atoms with Crippen molar-refractivity contribution in [2.75, 3.05) is 0 Å². The number of hydrogen-bond acceptors (Lipinski definition) is 1. The number of rotatable bonds is 1. The normalized spacial score (nSPS) is 8.30. The molecule has 0 bridgehead atoms. The molecule has 10 heavy (non-hydrogen) atoms. The Morgan fingerprint density at radius 1 is 1.60 bits per heavy atom. The lowest BCUT2D eigenvalue weighted by molar-refractivity contribution is 0.155. The van der Waals surface area contributed by atoms with E-state index in [1.54, 1.807) is 12.1 Å². The predicted molar refractivity (Wildman–Crippen MR) is 43.4 cm³/mol. The lowest BCUT2D eigenvalue weighted by Crippen LogP contribution is -1.69. The Kier molecular flexibility index (Phi) is 6.22. The predicted octanol–water partition coefficient (Wildman–Crippen LogP) is 1.46. The highest BCUT2D eigenvalue weighted by molar-refractivity contribution is 6.31. The zero-order valence-corrected chi connectivity index (χ0v) is 7.88. The van der Waals surface area contributed by atoms with Crippen LogP contribution >= 0.6 is 0 Å². The molecule has 1 aromatic heterocycles. The summed E-state index contributed by atoms with van der Waals surface area (Å²) < 4.78 is 4.67. The highest BCUT2D eigenvalue weighted by Crippen LogP contribution is 1.97. The minimum absolute atomic E-state index is 0.257. The molecule has 0 N–H and O–H groups in total. The van der Waals surface area contributed by atoms with Crippen molar-refractivity contribution in [3.8, 4) is 0 Å². The second kappa shape index (κ2) is 6.58. The van der Waals surface area contributed by atoms with Crippen LogP contribution in [-0.4, -0.2) is 9.52 Å². The summed E-state index contributed by atoms with van der Waals surface area (Å²) in [6.45, 7) is 4.27. The van der Waals surface area contributed by atoms with Gasteiger partial charge in [-0.3, -0.25) is 0 Å². The van der Waals surface area contributed by atoms with E-state index in [0.29, 0.717) is 15.3 Å². The third-order valence-electron chi connectivity index (χ3n) is 0.722. The molecule has 1 aromatic rings. The van der Waals surface area contributed by atoms with Gasteiger partial charge in [-0.1, -0.05) is 13.1 Å². The summed E-state index contributed by atoms with van der Waals surface area (Å²) in [4.78, 5) is 0. The lowest BCUT2D eigenvalue weighted by Gasteiger charge is -1.76. The quantitative estimate of drug-likeness (QED) is 0.568. The summed E-state index contributed by atoms with van der Waals surface area (Å²) in [6, 6.07) is 3.36. The minimum Gasteiger partial charge on any atom is -0.467 e. The lowest BCUT2D eigenvalue weighted by atomic mass is 10.5. The van der Waals surface area contributed by atoms with Gasteiger partial charge in [-0.25, -0.2) is 5.11 Å². The molecule has 1 heterocycles. The van der Waals surface area contributed by atoms with E-state index in [4.69, 9.17) is 0 Å². The Labute approximate surface area is 63.7 Å². The van der Waals surface area contributed by atoms with Crippen LogP contribution in [0.15, 0.2) is 22.8 Å². The fraction of sp³-hybridized carbons (Fsp3) is 0.429. The van der Waals surface area contributed by atoms with Gasteiger partial charge in [-0.2, -0.15) is 0 Å². The van der Waals surface area contributed by atoms with Crippen molar-refractivity contribution in [3.63, 3.8) is 0 Å². The van der Waals surface area contributed by atoms with Gasteiger partial charge in [0.15, 0.2) is 0 Å². The van der Waals surface area contributed by atoms with Crippen molar-refractivity contribution in [1.82, 2.24) is 0 Å². The summed E-state index contributed by atoms with van der Waals surface area (Å²) in [7, 11) is 0.417. The molecule has 2 nitrogen and oxygen atoms in total. The number of furan rings is 1. The topological polar surface area (TPSA) is 33.0 Å². The first-order valence-electron chi connectivity index (χ1n) is 3.45. The molecule has 0 unspecified atom stereocenters. The van der Waals surface area contributed by atoms with Gasteiger partial charge in [-0.15, -0.1) is 0 Å². The van der Waals surface area contributed by atoms with E-state index in [9.17, 15) is 5.11 Å². The van der Waals surface area contributed by atoms with Crippen molar-refractivity contribution in [2.24, 2.45) is 0 Å². The summed E-state index contributed by atoms with van der Waals surface area (Å²) >= 11 is 0. The largest absolute Gasteiger partial charge is 0.467 e. The Hall–Kier alpha value is -0.543. The van der Waals surface area contributed by atoms with E-state index in [2.05, 4.69) is 17.5 Å². The van der Waals surface area contributed by atoms with Gasteiger partial charge in [0.1, 0.15) is 12.4 Å². The molecule has 3 heteroatoms. The van der Waals surface area contributed by atoms with Crippen LogP contribution in [0.2, 0.25) is 13.1 Å². The molecule has 0 saturated carbocycles. The maximum absolute atomic E-state index is 9.90. The van der Waals surface area contributed by atoms with Crippen LogP contribution in [0.1, 0.15) is 5.76 Å². The van der Waals surface area contributed by atoms with Gasteiger partial charge in [-0.05, 0) is 12.1 Å². The molecular weight excluding hydrogens is 144 g/mol. The van der Waals surface area contributed by atoms with Crippen LogP contribution < -0.4 is 0 Å². The molecule has 1 radical (unpaired) electrons. The molecular formula is C7H13O2Si. The molecule has 57 valence electrons. The monoisotopic (exact) mass is 157 g/mol. The van der Waals surface area contributed by atoms with Crippen LogP contribution in [0, 0.1) is 0 Å². The van der Waals surface area contributed by atoms with Crippen molar-refractivity contribution in [3.05, 3.63) is 24.2 Å². The Bertz CT molecular complexity index is 137. The molecule has 0 amide bonds. The third-order valence-corrected chi connectivity index (χ3v) is 0.722. The summed E-state index contributed by atoms with van der Waals surface area (Å²) in [5, 5.41) is 9.90. The smallest absolute Gasteiger partial charge is 0.140 e. The molecule has 0 aliphatic heterocycles. The molecule has 0 aliphatic carbocycles. The van der Waals surface area contributed by atoms with Crippen LogP contribution in [0.3, 0.4) is 0 Å². The minimum atomic E-state index is -0.257. The third kappa shape index (κ3) is 4.35. The van der Waals surface area contributed by atoms with Crippen molar-refractivity contribution < 1.29 is 9.52 Å². The average molecular weight is 157 g/mol. The Balaban J connectivity index is 0.000000236. The highest BCUT2D eigenvalue weighted by atomic mass is 28.2. The van der Waals surface area contributed by atoms with E-state index in [1.165, 1.54) is 6.26 Å². The van der Waals surface area contributed by atoms with Crippen molar-refractivity contribution in [2.45, 2.75) is 19.7 Å². The molecule has 0 atom stereocenters. The molecule has 0 spiro atoms. The Morgan fingerprint density at radius 3 is 2.40 bits per heavy atom. The standard InChI is InChI=1S/C5H5O2.C2H8Si/c6-4-5-2-1-3-7-5;1-3-2/h1-3H,4H2;3H2,1-2H3. The van der Waals surface area contributed by atoms with E-state index in [-0.39, 0.29) is 6.61 Å². The fourth-order valence-corrected chi connectivity index (χ4v) is 0.395. The van der Waals surface area contributed by atoms with Crippen LogP contribution in [0.5, 0.6) is 0 Å². The zero-order valence-electron chi connectivity index (χ0n) is 6.46. The van der Waals surface area contributed by atoms with Crippen molar-refractivity contribution >= 4 is 9.52 Å². The highest BCUT2D eigenvalue weighted by Gasteiger charge is 1.87. The Morgan fingerprint density at radius 2 is 2.20 bits per heavy atom. The average Bonchev–Trinajstić information content (AvgIpc) is 2.39. The maximum Gasteiger partial charge on any atom is 0.140 e. The van der Waals surface area contributed by atoms with Gasteiger partial charge in [0.05, 0.1) is 6.26 Å². The van der Waals surface area contributed by atoms with E-state index in [1.807, 2.05) is 0 Å². The van der Waals surface area contributed by atoms with E-state index in [0.717, 1.165) is 0 Å². The second-order valence-corrected chi connectivity index (χ2v) is 3.35. The molecule has 0 aromatic carbocycles. The van der Waals surface area contributed by atoms with E-state index < -0.39 is 0 Å². The van der Waals surface area contributed by atoms with E-state index >= 15 is 0 Å². The summed E-state index contributed by atoms with van der Waals surface area (Å²) in [5.74, 6) is 0.500. The SMILES string of the molecule is C[SiH2]C.[O]Cc1ccco1. The van der Waals surface area contributed by atoms with Gasteiger partial charge in [0.25, 0.3) is 0 Å². The van der Waals surface area contributed by atoms with Crippen LogP contribution in [0.25, 0.3) is 0 Å². The molecule has 0 saturated heterocycles. The maximum atomic E-state index is 9.90. The van der Waals surface area contributed by atoms with Gasteiger partial charge in [0, 0.05) is 9.52 Å². The van der Waals surface area contributed by atoms with Gasteiger partial charge >= 0.3 is 0 Å². The van der Waals surface area contributed by atoms with Gasteiger partial charge in [0.2, 0.25) is 0 Å². The molecule has 0 fully saturated rings. The first-order valence-corrected chi connectivity index (χ1v) is 6.28. The molecule has 1 rings (SSSR count). The molecule has 0 aliphatic rings. The summed E-state index contributed by atoms with van der Waals surface area (Å²) in [5.41, 5.74) is 0. The van der Waals surface area contributed by atoms with Crippen LogP contribution in [-0.2, 0) is 11.7 Å². The number of hydrogen-bond donors (Lipinski definition) is 0. The zero-order chi connectivity index (χ0) is 7.82. The fourth-order valence-electron chi connectivity index (χ4n) is 0.395.